The van der Waals surface area contributed by atoms with Crippen LogP contribution in [0.4, 0.5) is 0 Å². The number of nitrogens with one attached hydrogen (secondary N) is 1. The highest BCUT2D eigenvalue weighted by Crippen LogP contribution is 2.27. The second kappa shape index (κ2) is 6.18. The van der Waals surface area contributed by atoms with E-state index in [1.54, 1.807) is 13.0 Å². The molecule has 24 heavy (non-hydrogen) atoms. The zero-order chi connectivity index (χ0) is 17.5. The fourth-order valence-electron chi connectivity index (χ4n) is 3.65. The normalized spacial score (nSPS) is 38.8. The summed E-state index contributed by atoms with van der Waals surface area (Å²) in [5, 5.41) is 10.5. The molecule has 0 aromatic carbocycles. The van der Waals surface area contributed by atoms with Crippen molar-refractivity contribution in [1.29, 1.82) is 0 Å². The van der Waals surface area contributed by atoms with Crippen LogP contribution in [0.5, 0.6) is 0 Å². The molecule has 3 heterocycles. The van der Waals surface area contributed by atoms with E-state index in [2.05, 4.69) is 6.58 Å². The molecule has 0 aromatic rings. The molecular weight excluding hydrogens is 310 g/mol. The number of aliphatic hydroxyl groups is 1. The molecule has 2 fully saturated rings. The number of hydrogen-bond acceptors (Lipinski definition) is 5. The molecule has 0 amide bonds. The van der Waals surface area contributed by atoms with Gasteiger partial charge in [-0.2, -0.15) is 0 Å². The third kappa shape index (κ3) is 2.80. The quantitative estimate of drug-likeness (QED) is 0.361. The Balaban J connectivity index is 1.92. The van der Waals surface area contributed by atoms with Crippen LogP contribution in [0.1, 0.15) is 26.7 Å². The number of esters is 2. The van der Waals surface area contributed by atoms with Gasteiger partial charge in [-0.1, -0.05) is 12.7 Å². The molecule has 0 spiro atoms. The first-order chi connectivity index (χ1) is 11.3. The van der Waals surface area contributed by atoms with Crippen molar-refractivity contribution in [2.75, 3.05) is 19.7 Å². The van der Waals surface area contributed by atoms with E-state index in [1.807, 2.05) is 6.08 Å². The van der Waals surface area contributed by atoms with E-state index in [0.717, 1.165) is 25.1 Å². The van der Waals surface area contributed by atoms with Crippen molar-refractivity contribution < 1.29 is 29.1 Å². The lowest BCUT2D eigenvalue weighted by atomic mass is 9.91. The summed E-state index contributed by atoms with van der Waals surface area (Å²) in [4.78, 5) is 26.1. The van der Waals surface area contributed by atoms with Crippen molar-refractivity contribution in [3.05, 3.63) is 35.5 Å². The van der Waals surface area contributed by atoms with Crippen molar-refractivity contribution in [2.45, 2.75) is 44.4 Å². The topological polar surface area (TPSA) is 77.3 Å². The molecule has 0 radical (unpaired) electrons. The summed E-state index contributed by atoms with van der Waals surface area (Å²) in [5.41, 5.74) is -0.272. The Morgan fingerprint density at radius 2 is 2.21 bits per heavy atom. The number of allylic oxidation sites excluding steroid dienone is 1. The monoisotopic (exact) mass is 334 g/mol. The van der Waals surface area contributed by atoms with Crippen LogP contribution in [0.15, 0.2) is 35.5 Å². The van der Waals surface area contributed by atoms with Gasteiger partial charge in [-0.25, -0.2) is 9.59 Å². The number of quaternary nitrogens is 1. The summed E-state index contributed by atoms with van der Waals surface area (Å²) < 4.78 is 11.1. The van der Waals surface area contributed by atoms with Crippen LogP contribution in [0.25, 0.3) is 0 Å². The van der Waals surface area contributed by atoms with Gasteiger partial charge in [0.2, 0.25) is 0 Å². The molecule has 2 N–H and O–H groups in total. The molecule has 6 heteroatoms. The number of carbonyl (C=O) groups excluding carboxylic acids is 2. The molecule has 0 bridgehead atoms. The Bertz CT molecular complexity index is 646. The molecule has 0 aliphatic carbocycles. The molecule has 3 rings (SSSR count). The summed E-state index contributed by atoms with van der Waals surface area (Å²) in [6.07, 6.45) is 4.36. The summed E-state index contributed by atoms with van der Waals surface area (Å²) in [7, 11) is 0. The fraction of sp³-hybridized carbons (Fsp3) is 0.556. The molecule has 3 aliphatic rings. The lowest BCUT2D eigenvalue weighted by molar-refractivity contribution is -0.896. The predicted molar refractivity (Wildman–Crippen MR) is 86.2 cm³/mol. The Hall–Kier alpha value is -1.92. The van der Waals surface area contributed by atoms with E-state index < -0.39 is 17.5 Å². The Morgan fingerprint density at radius 3 is 2.92 bits per heavy atom. The minimum absolute atomic E-state index is 0.0347. The maximum absolute atomic E-state index is 12.5. The molecule has 4 atom stereocenters. The van der Waals surface area contributed by atoms with E-state index in [-0.39, 0.29) is 30.7 Å². The SMILES string of the molecule is C=C1C/C(=C/C)C(=O)O[C@@H]2CC[NH+]3CC=C(COC(=O)[C@]1(C)O)[C@@H]23. The maximum atomic E-state index is 12.5. The molecule has 0 saturated carbocycles. The van der Waals surface area contributed by atoms with Crippen LogP contribution in [0.2, 0.25) is 0 Å². The standard InChI is InChI=1S/C18H23NO5/c1-4-12-9-11(2)18(3,22)17(21)23-10-13-5-7-19-8-6-14(15(13)19)24-16(12)20/h4-5,14-15,22H,2,6-10H2,1,3H3/p+1/b12-4-/t14-,15+,18-/m1/s1. The van der Waals surface area contributed by atoms with Gasteiger partial charge in [0.25, 0.3) is 0 Å². The Morgan fingerprint density at radius 1 is 1.46 bits per heavy atom. The summed E-state index contributed by atoms with van der Waals surface area (Å²) in [6.45, 7) is 8.73. The summed E-state index contributed by atoms with van der Waals surface area (Å²) in [5.74, 6) is -1.14. The molecule has 1 unspecified atom stereocenters. The van der Waals surface area contributed by atoms with Gasteiger partial charge in [-0.15, -0.1) is 0 Å². The second-order valence-corrected chi connectivity index (χ2v) is 6.84. The lowest BCUT2D eigenvalue weighted by Crippen LogP contribution is -3.12. The van der Waals surface area contributed by atoms with Crippen molar-refractivity contribution in [3.8, 4) is 0 Å². The number of ether oxygens (including phenoxy) is 2. The zero-order valence-corrected chi connectivity index (χ0v) is 14.1. The highest BCUT2D eigenvalue weighted by molar-refractivity contribution is 5.90. The second-order valence-electron chi connectivity index (χ2n) is 6.84. The van der Waals surface area contributed by atoms with E-state index >= 15 is 0 Å². The van der Waals surface area contributed by atoms with E-state index in [9.17, 15) is 14.7 Å². The van der Waals surface area contributed by atoms with E-state index in [4.69, 9.17) is 9.47 Å². The van der Waals surface area contributed by atoms with Crippen LogP contribution in [0.3, 0.4) is 0 Å². The van der Waals surface area contributed by atoms with Crippen molar-refractivity contribution in [1.82, 2.24) is 0 Å². The van der Waals surface area contributed by atoms with Crippen LogP contribution in [-0.2, 0) is 19.1 Å². The number of cyclic esters (lactones) is 1. The van der Waals surface area contributed by atoms with Gasteiger partial charge in [0, 0.05) is 24.0 Å². The zero-order valence-electron chi connectivity index (χ0n) is 14.1. The van der Waals surface area contributed by atoms with Gasteiger partial charge in [0.1, 0.15) is 6.61 Å². The highest BCUT2D eigenvalue weighted by Gasteiger charge is 2.47. The third-order valence-electron chi connectivity index (χ3n) is 5.32. The summed E-state index contributed by atoms with van der Waals surface area (Å²) in [6, 6.07) is 0.0347. The van der Waals surface area contributed by atoms with Gasteiger partial charge < -0.3 is 19.5 Å². The van der Waals surface area contributed by atoms with Gasteiger partial charge in [0.15, 0.2) is 17.7 Å². The first kappa shape index (κ1) is 16.9. The molecule has 6 nitrogen and oxygen atoms in total. The maximum Gasteiger partial charge on any atom is 0.342 e. The van der Waals surface area contributed by atoms with Crippen LogP contribution in [0, 0.1) is 0 Å². The predicted octanol–water partition coefficient (Wildman–Crippen LogP) is -0.304. The average molecular weight is 334 g/mol. The number of rotatable bonds is 0. The largest absolute Gasteiger partial charge is 0.459 e. The Kier molecular flexibility index (Phi) is 4.36. The average Bonchev–Trinajstić information content (AvgIpc) is 3.12. The van der Waals surface area contributed by atoms with Crippen LogP contribution >= 0.6 is 0 Å². The fourth-order valence-corrected chi connectivity index (χ4v) is 3.65. The highest BCUT2D eigenvalue weighted by atomic mass is 16.6. The molecule has 130 valence electrons. The lowest BCUT2D eigenvalue weighted by Gasteiger charge is -2.27. The minimum Gasteiger partial charge on any atom is -0.459 e. The molecule has 2 saturated heterocycles. The van der Waals surface area contributed by atoms with Crippen molar-refractivity contribution >= 4 is 11.9 Å². The van der Waals surface area contributed by atoms with Gasteiger partial charge in [-0.3, -0.25) is 0 Å². The minimum atomic E-state index is -1.84. The third-order valence-corrected chi connectivity index (χ3v) is 5.32. The van der Waals surface area contributed by atoms with Gasteiger partial charge in [-0.05, 0) is 25.5 Å². The van der Waals surface area contributed by atoms with Crippen molar-refractivity contribution in [2.24, 2.45) is 0 Å². The Labute approximate surface area is 141 Å². The summed E-state index contributed by atoms with van der Waals surface area (Å²) >= 11 is 0. The van der Waals surface area contributed by atoms with Crippen LogP contribution < -0.4 is 4.90 Å². The van der Waals surface area contributed by atoms with Gasteiger partial charge in [0.05, 0.1) is 13.1 Å². The molecular formula is C18H24NO5+. The molecule has 3 aliphatic heterocycles. The smallest absolute Gasteiger partial charge is 0.342 e. The van der Waals surface area contributed by atoms with E-state index in [1.165, 1.54) is 11.8 Å². The van der Waals surface area contributed by atoms with Crippen molar-refractivity contribution in [3.63, 3.8) is 0 Å². The first-order valence-corrected chi connectivity index (χ1v) is 8.32. The van der Waals surface area contributed by atoms with Gasteiger partial charge >= 0.3 is 11.9 Å². The first-order valence-electron chi connectivity index (χ1n) is 8.32. The number of carbonyl (C=O) groups is 2. The number of hydrogen-bond donors (Lipinski definition) is 2. The van der Waals surface area contributed by atoms with Crippen LogP contribution in [-0.4, -0.2) is 54.5 Å². The molecule has 0 aromatic heterocycles. The van der Waals surface area contributed by atoms with E-state index in [0.29, 0.717) is 5.57 Å².